The van der Waals surface area contributed by atoms with Crippen molar-refractivity contribution < 1.29 is 14.5 Å². The Kier molecular flexibility index (Phi) is 7.83. The summed E-state index contributed by atoms with van der Waals surface area (Å²) in [6.45, 7) is 4.52. The normalized spacial score (nSPS) is 21.4. The van der Waals surface area contributed by atoms with Crippen molar-refractivity contribution in [3.8, 4) is 5.75 Å². The van der Waals surface area contributed by atoms with Crippen LogP contribution in [0.2, 0.25) is 0 Å². The number of para-hydroxylation sites is 1. The smallest absolute Gasteiger partial charge is 0.273 e. The van der Waals surface area contributed by atoms with Gasteiger partial charge in [0.25, 0.3) is 5.69 Å². The predicted octanol–water partition coefficient (Wildman–Crippen LogP) is 5.00. The van der Waals surface area contributed by atoms with Crippen molar-refractivity contribution in [3.63, 3.8) is 0 Å². The Bertz CT molecular complexity index is 1000. The van der Waals surface area contributed by atoms with E-state index in [0.29, 0.717) is 12.6 Å². The van der Waals surface area contributed by atoms with Crippen molar-refractivity contribution in [3.05, 3.63) is 69.8 Å². The number of methoxy groups -OCH3 is 1. The lowest BCUT2D eigenvalue weighted by molar-refractivity contribution is -0.385. The van der Waals surface area contributed by atoms with E-state index in [4.69, 9.17) is 4.74 Å². The van der Waals surface area contributed by atoms with Crippen molar-refractivity contribution in [2.24, 2.45) is 5.92 Å². The van der Waals surface area contributed by atoms with Crippen molar-refractivity contribution >= 4 is 11.6 Å². The molecule has 2 aromatic rings. The number of amides is 1. The van der Waals surface area contributed by atoms with Gasteiger partial charge in [-0.15, -0.1) is 0 Å². The van der Waals surface area contributed by atoms with Crippen LogP contribution in [0.1, 0.15) is 56.1 Å². The number of benzene rings is 2. The molecule has 1 heterocycles. The molecule has 1 saturated carbocycles. The molecule has 1 aliphatic carbocycles. The van der Waals surface area contributed by atoms with Crippen LogP contribution in [-0.4, -0.2) is 53.4 Å². The molecule has 182 valence electrons. The van der Waals surface area contributed by atoms with Gasteiger partial charge < -0.3 is 9.64 Å². The minimum absolute atomic E-state index is 0.147. The molecule has 7 nitrogen and oxygen atoms in total. The zero-order valence-electron chi connectivity index (χ0n) is 20.2. The predicted molar refractivity (Wildman–Crippen MR) is 132 cm³/mol. The lowest BCUT2D eigenvalue weighted by Crippen LogP contribution is -2.44. The molecule has 0 aromatic heterocycles. The van der Waals surface area contributed by atoms with Crippen LogP contribution in [0.4, 0.5) is 5.69 Å². The average molecular weight is 466 g/mol. The Morgan fingerprint density at radius 3 is 2.59 bits per heavy atom. The zero-order chi connectivity index (χ0) is 24.1. The molecule has 2 fully saturated rings. The number of rotatable bonds is 8. The molecule has 2 aromatic carbocycles. The number of nitro benzene ring substituents is 1. The highest BCUT2D eigenvalue weighted by molar-refractivity contribution is 5.73. The third-order valence-corrected chi connectivity index (χ3v) is 7.47. The van der Waals surface area contributed by atoms with E-state index in [9.17, 15) is 14.9 Å². The monoisotopic (exact) mass is 465 g/mol. The van der Waals surface area contributed by atoms with E-state index in [-0.39, 0.29) is 28.4 Å². The van der Waals surface area contributed by atoms with Gasteiger partial charge >= 0.3 is 0 Å². The zero-order valence-corrected chi connectivity index (χ0v) is 20.2. The molecule has 0 radical (unpaired) electrons. The van der Waals surface area contributed by atoms with Crippen molar-refractivity contribution in [1.82, 2.24) is 9.80 Å². The quantitative estimate of drug-likeness (QED) is 0.405. The molecular weight excluding hydrogens is 430 g/mol. The topological polar surface area (TPSA) is 75.9 Å². The molecule has 2 aliphatic rings. The van der Waals surface area contributed by atoms with Crippen LogP contribution in [-0.2, 0) is 11.3 Å². The molecule has 34 heavy (non-hydrogen) atoms. The van der Waals surface area contributed by atoms with E-state index in [1.54, 1.807) is 26.2 Å². The molecule has 2 atom stereocenters. The number of carbonyl (C=O) groups excluding carboxylic acids is 1. The summed E-state index contributed by atoms with van der Waals surface area (Å²) in [4.78, 5) is 28.3. The van der Waals surface area contributed by atoms with Crippen LogP contribution >= 0.6 is 0 Å². The number of hydrogen-bond acceptors (Lipinski definition) is 5. The Morgan fingerprint density at radius 1 is 1.12 bits per heavy atom. The number of nitrogens with zero attached hydrogens (tertiary/aromatic N) is 3. The molecule has 0 N–H and O–H groups in total. The van der Waals surface area contributed by atoms with Crippen LogP contribution in [0.15, 0.2) is 48.5 Å². The number of likely N-dealkylation sites (tertiary alicyclic amines) is 1. The fraction of sp³-hybridized carbons (Fsp3) is 0.519. The van der Waals surface area contributed by atoms with Crippen LogP contribution in [0.5, 0.6) is 5.75 Å². The largest absolute Gasteiger partial charge is 0.497 e. The lowest BCUT2D eigenvalue weighted by Gasteiger charge is -2.36. The number of hydrogen-bond donors (Lipinski definition) is 0. The summed E-state index contributed by atoms with van der Waals surface area (Å²) >= 11 is 0. The first-order valence-electron chi connectivity index (χ1n) is 12.3. The van der Waals surface area contributed by atoms with Gasteiger partial charge in [-0.1, -0.05) is 49.6 Å². The van der Waals surface area contributed by atoms with Gasteiger partial charge in [-0.25, -0.2) is 0 Å². The fourth-order valence-electron chi connectivity index (χ4n) is 5.77. The summed E-state index contributed by atoms with van der Waals surface area (Å²) in [7, 11) is 1.67. The van der Waals surface area contributed by atoms with Gasteiger partial charge in [0.1, 0.15) is 5.75 Å². The molecule has 0 bridgehead atoms. The van der Waals surface area contributed by atoms with E-state index < -0.39 is 0 Å². The van der Waals surface area contributed by atoms with Crippen molar-refractivity contribution in [2.75, 3.05) is 26.7 Å². The molecule has 0 spiro atoms. The van der Waals surface area contributed by atoms with Crippen molar-refractivity contribution in [1.29, 1.82) is 0 Å². The van der Waals surface area contributed by atoms with E-state index >= 15 is 0 Å². The van der Waals surface area contributed by atoms with Crippen molar-refractivity contribution in [2.45, 2.75) is 57.5 Å². The van der Waals surface area contributed by atoms with Gasteiger partial charge in [0.2, 0.25) is 5.91 Å². The maximum Gasteiger partial charge on any atom is 0.273 e. The molecular formula is C27H35N3O4. The van der Waals surface area contributed by atoms with Gasteiger partial charge in [0.05, 0.1) is 12.0 Å². The first kappa shape index (κ1) is 24.2. The Morgan fingerprint density at radius 2 is 1.88 bits per heavy atom. The van der Waals surface area contributed by atoms with Gasteiger partial charge in [-0.3, -0.25) is 19.8 Å². The molecule has 7 heteroatoms. The molecule has 4 rings (SSSR count). The highest BCUT2D eigenvalue weighted by Crippen LogP contribution is 2.37. The van der Waals surface area contributed by atoms with E-state index in [1.807, 2.05) is 24.3 Å². The second-order valence-electron chi connectivity index (χ2n) is 9.69. The SMILES string of the molecule is COc1cccc([C@H]2CN(Cc3ccccc3[N+](=O)[O-])C[C@@H]2CN(C(C)=O)C2CCCCC2)c1. The summed E-state index contributed by atoms with van der Waals surface area (Å²) in [5, 5.41) is 11.5. The minimum atomic E-state index is -0.303. The third-order valence-electron chi connectivity index (χ3n) is 7.47. The number of carbonyl (C=O) groups is 1. The van der Waals surface area contributed by atoms with Crippen LogP contribution in [0.3, 0.4) is 0 Å². The van der Waals surface area contributed by atoms with Gasteiger partial charge in [0, 0.05) is 56.7 Å². The molecule has 1 saturated heterocycles. The van der Waals surface area contributed by atoms with E-state index in [1.165, 1.54) is 24.8 Å². The first-order chi connectivity index (χ1) is 16.5. The van der Waals surface area contributed by atoms with E-state index in [2.05, 4.69) is 21.9 Å². The van der Waals surface area contributed by atoms with Crippen LogP contribution < -0.4 is 4.74 Å². The highest BCUT2D eigenvalue weighted by Gasteiger charge is 2.37. The van der Waals surface area contributed by atoms with Crippen LogP contribution in [0.25, 0.3) is 0 Å². The second-order valence-corrected chi connectivity index (χ2v) is 9.69. The van der Waals surface area contributed by atoms with Gasteiger partial charge in [0.15, 0.2) is 0 Å². The summed E-state index contributed by atoms with van der Waals surface area (Å²) in [5.74, 6) is 1.45. The lowest BCUT2D eigenvalue weighted by atomic mass is 9.87. The molecule has 1 amide bonds. The highest BCUT2D eigenvalue weighted by atomic mass is 16.6. The van der Waals surface area contributed by atoms with Gasteiger partial charge in [-0.2, -0.15) is 0 Å². The average Bonchev–Trinajstić information content (AvgIpc) is 3.25. The minimum Gasteiger partial charge on any atom is -0.497 e. The van der Waals surface area contributed by atoms with Crippen LogP contribution in [0, 0.1) is 16.0 Å². The number of nitro groups is 1. The third kappa shape index (κ3) is 5.58. The fourth-order valence-corrected chi connectivity index (χ4v) is 5.77. The summed E-state index contributed by atoms with van der Waals surface area (Å²) in [6.07, 6.45) is 5.78. The molecule has 0 unspecified atom stereocenters. The van der Waals surface area contributed by atoms with Gasteiger partial charge in [-0.05, 0) is 36.5 Å². The Hall–Kier alpha value is -2.93. The second kappa shape index (κ2) is 11.0. The maximum atomic E-state index is 12.7. The Balaban J connectivity index is 1.59. The first-order valence-corrected chi connectivity index (χ1v) is 12.3. The Labute approximate surface area is 201 Å². The number of ether oxygens (including phenoxy) is 1. The maximum absolute atomic E-state index is 12.7. The summed E-state index contributed by atoms with van der Waals surface area (Å²) < 4.78 is 5.48. The standard InChI is InChI=1S/C27H35N3O4/c1-20(31)29(24-11-4-3-5-12-24)18-23-17-28(16-22-9-6-7-14-27(22)30(32)33)19-26(23)21-10-8-13-25(15-21)34-2/h6-10,13-15,23-24,26H,3-5,11-12,16-19H2,1-2H3/t23-,26-/m1/s1. The summed E-state index contributed by atoms with van der Waals surface area (Å²) in [6, 6.07) is 15.5. The molecule has 1 aliphatic heterocycles. The summed E-state index contributed by atoms with van der Waals surface area (Å²) in [5.41, 5.74) is 2.09. The van der Waals surface area contributed by atoms with E-state index in [0.717, 1.165) is 43.8 Å².